The normalized spacial score (nSPS) is 15.2. The van der Waals surface area contributed by atoms with Crippen molar-refractivity contribution in [1.82, 2.24) is 9.55 Å². The van der Waals surface area contributed by atoms with Gasteiger partial charge in [-0.25, -0.2) is 9.79 Å². The van der Waals surface area contributed by atoms with Crippen molar-refractivity contribution >= 4 is 34.3 Å². The molecule has 1 aliphatic rings. The first-order chi connectivity index (χ1) is 20.4. The minimum Gasteiger partial charge on any atom is -0.491 e. The molecule has 6 rings (SSSR count). The number of carbonyl (C=O) groups excluding carboxylic acids is 1. The molecule has 0 amide bonds. The number of hydrogen-bond acceptors (Lipinski definition) is 6. The molecule has 1 aliphatic heterocycles. The van der Waals surface area contributed by atoms with Crippen molar-refractivity contribution in [3.63, 3.8) is 0 Å². The highest BCUT2D eigenvalue weighted by atomic mass is 32.1. The number of esters is 1. The molecule has 3 aromatic carbocycles. The zero-order valence-electron chi connectivity index (χ0n) is 23.9. The number of nitrogens with zero attached hydrogens (tertiary/aromatic N) is 2. The zero-order chi connectivity index (χ0) is 29.4. The Kier molecular flexibility index (Phi) is 7.39. The van der Waals surface area contributed by atoms with E-state index in [1.54, 1.807) is 18.4 Å². The second-order valence-electron chi connectivity index (χ2n) is 10.4. The van der Waals surface area contributed by atoms with Crippen LogP contribution in [-0.4, -0.2) is 28.2 Å². The molecule has 3 heterocycles. The van der Waals surface area contributed by atoms with Gasteiger partial charge in [0.05, 0.1) is 40.2 Å². The fourth-order valence-electron chi connectivity index (χ4n) is 5.38. The summed E-state index contributed by atoms with van der Waals surface area (Å²) in [5.41, 5.74) is 5.31. The van der Waals surface area contributed by atoms with Gasteiger partial charge in [-0.15, -0.1) is 0 Å². The van der Waals surface area contributed by atoms with Gasteiger partial charge in [-0.05, 0) is 63.1 Å². The summed E-state index contributed by atoms with van der Waals surface area (Å²) in [6, 6.07) is 24.9. The van der Waals surface area contributed by atoms with E-state index in [2.05, 4.69) is 4.98 Å². The first kappa shape index (κ1) is 27.5. The summed E-state index contributed by atoms with van der Waals surface area (Å²) in [7, 11) is 0. The molecule has 0 saturated heterocycles. The molecule has 42 heavy (non-hydrogen) atoms. The summed E-state index contributed by atoms with van der Waals surface area (Å²) < 4.78 is 13.4. The second-order valence-corrected chi connectivity index (χ2v) is 11.4. The summed E-state index contributed by atoms with van der Waals surface area (Å²) in [6.07, 6.45) is 1.96. The highest BCUT2D eigenvalue weighted by molar-refractivity contribution is 7.07. The molecule has 0 aliphatic carbocycles. The average Bonchev–Trinajstić information content (AvgIpc) is 3.50. The first-order valence-corrected chi connectivity index (χ1v) is 14.8. The number of rotatable bonds is 7. The van der Waals surface area contributed by atoms with Gasteiger partial charge < -0.3 is 14.5 Å². The lowest BCUT2D eigenvalue weighted by atomic mass is 9.96. The summed E-state index contributed by atoms with van der Waals surface area (Å²) in [5.74, 6) is 0.232. The van der Waals surface area contributed by atoms with Crippen LogP contribution in [0, 0.1) is 0 Å². The van der Waals surface area contributed by atoms with E-state index in [-0.39, 0.29) is 18.3 Å². The largest absolute Gasteiger partial charge is 0.491 e. The standard InChI is InChI=1S/C34H31N3O4S/c1-5-40-33(39)29-21(4)35-34-37(31(29)23-15-17-24(18-16-23)41-20(2)3)32(38)28(42-34)19-26-25-13-9-10-14-27(25)36-30(26)22-11-7-6-8-12-22/h6-20,31,36H,5H2,1-4H3/b28-19-/t31-/m0/s1. The summed E-state index contributed by atoms with van der Waals surface area (Å²) in [5, 5.41) is 1.02. The minimum atomic E-state index is -0.688. The molecule has 1 atom stereocenters. The van der Waals surface area contributed by atoms with E-state index in [1.165, 1.54) is 11.3 Å². The topological polar surface area (TPSA) is 85.7 Å². The van der Waals surface area contributed by atoms with Crippen LogP contribution in [0.15, 0.2) is 99.9 Å². The van der Waals surface area contributed by atoms with E-state index in [0.717, 1.165) is 33.3 Å². The predicted octanol–water partition coefficient (Wildman–Crippen LogP) is 5.73. The Balaban J connectivity index is 1.56. The van der Waals surface area contributed by atoms with Gasteiger partial charge in [0.15, 0.2) is 4.80 Å². The molecule has 0 bridgehead atoms. The quantitative estimate of drug-likeness (QED) is 0.250. The van der Waals surface area contributed by atoms with E-state index >= 15 is 0 Å². The number of carbonyl (C=O) groups is 1. The Morgan fingerprint density at radius 3 is 2.48 bits per heavy atom. The van der Waals surface area contributed by atoms with Crippen molar-refractivity contribution in [2.75, 3.05) is 6.61 Å². The number of ether oxygens (including phenoxy) is 2. The fourth-order valence-corrected chi connectivity index (χ4v) is 6.41. The van der Waals surface area contributed by atoms with Crippen molar-refractivity contribution in [3.05, 3.63) is 121 Å². The maximum absolute atomic E-state index is 14.2. The van der Waals surface area contributed by atoms with Crippen LogP contribution >= 0.6 is 11.3 Å². The Labute approximate surface area is 247 Å². The molecule has 0 radical (unpaired) electrons. The Bertz CT molecular complexity index is 2000. The van der Waals surface area contributed by atoms with Gasteiger partial charge >= 0.3 is 5.97 Å². The molecule has 0 unspecified atom stereocenters. The third-order valence-electron chi connectivity index (χ3n) is 7.17. The zero-order valence-corrected chi connectivity index (χ0v) is 24.7. The first-order valence-electron chi connectivity index (χ1n) is 14.0. The number of thiazole rings is 1. The molecular weight excluding hydrogens is 546 g/mol. The van der Waals surface area contributed by atoms with Crippen LogP contribution in [0.2, 0.25) is 0 Å². The highest BCUT2D eigenvalue weighted by Gasteiger charge is 2.33. The van der Waals surface area contributed by atoms with Crippen molar-refractivity contribution in [2.45, 2.75) is 39.8 Å². The Morgan fingerprint density at radius 2 is 1.76 bits per heavy atom. The fraction of sp³-hybridized carbons (Fsp3) is 0.206. The van der Waals surface area contributed by atoms with Crippen LogP contribution in [0.5, 0.6) is 5.75 Å². The number of aromatic amines is 1. The summed E-state index contributed by atoms with van der Waals surface area (Å²) >= 11 is 1.32. The Hall–Kier alpha value is -4.69. The van der Waals surface area contributed by atoms with Crippen LogP contribution in [0.1, 0.15) is 44.9 Å². The molecule has 5 aromatic rings. The Morgan fingerprint density at radius 1 is 1.05 bits per heavy atom. The number of fused-ring (bicyclic) bond motifs is 2. The van der Waals surface area contributed by atoms with Gasteiger partial charge in [0.1, 0.15) is 5.75 Å². The van der Waals surface area contributed by atoms with E-state index < -0.39 is 12.0 Å². The van der Waals surface area contributed by atoms with Crippen LogP contribution in [0.25, 0.3) is 28.2 Å². The number of nitrogens with one attached hydrogen (secondary N) is 1. The van der Waals surface area contributed by atoms with Gasteiger partial charge in [0.25, 0.3) is 5.56 Å². The number of aromatic nitrogens is 2. The molecule has 0 fully saturated rings. The molecule has 1 N–H and O–H groups in total. The van der Waals surface area contributed by atoms with E-state index in [9.17, 15) is 9.59 Å². The third-order valence-corrected chi connectivity index (χ3v) is 8.15. The van der Waals surface area contributed by atoms with Crippen molar-refractivity contribution < 1.29 is 14.3 Å². The molecule has 0 saturated carbocycles. The van der Waals surface area contributed by atoms with E-state index in [4.69, 9.17) is 14.5 Å². The molecular formula is C34H31N3O4S. The summed E-state index contributed by atoms with van der Waals surface area (Å²) in [6.45, 7) is 7.71. The van der Waals surface area contributed by atoms with Gasteiger partial charge in [0, 0.05) is 16.5 Å². The number of para-hydroxylation sites is 1. The number of H-pyrrole nitrogens is 1. The van der Waals surface area contributed by atoms with Gasteiger partial charge in [-0.1, -0.05) is 72.0 Å². The van der Waals surface area contributed by atoms with E-state index in [1.807, 2.05) is 98.8 Å². The minimum absolute atomic E-state index is 0.0241. The molecule has 2 aromatic heterocycles. The van der Waals surface area contributed by atoms with Crippen molar-refractivity contribution in [2.24, 2.45) is 4.99 Å². The monoisotopic (exact) mass is 577 g/mol. The predicted molar refractivity (Wildman–Crippen MR) is 166 cm³/mol. The molecule has 7 nitrogen and oxygen atoms in total. The molecule has 212 valence electrons. The maximum atomic E-state index is 14.2. The lowest BCUT2D eigenvalue weighted by Crippen LogP contribution is -2.39. The number of benzene rings is 3. The smallest absolute Gasteiger partial charge is 0.338 e. The summed E-state index contributed by atoms with van der Waals surface area (Å²) in [4.78, 5) is 36.3. The van der Waals surface area contributed by atoms with Gasteiger partial charge in [0.2, 0.25) is 0 Å². The van der Waals surface area contributed by atoms with Crippen LogP contribution in [0.3, 0.4) is 0 Å². The van der Waals surface area contributed by atoms with Crippen molar-refractivity contribution in [3.8, 4) is 17.0 Å². The average molecular weight is 578 g/mol. The second kappa shape index (κ2) is 11.3. The number of allylic oxidation sites excluding steroid dienone is 1. The van der Waals surface area contributed by atoms with Crippen LogP contribution < -0.4 is 19.6 Å². The van der Waals surface area contributed by atoms with Gasteiger partial charge in [-0.2, -0.15) is 0 Å². The maximum Gasteiger partial charge on any atom is 0.338 e. The highest BCUT2D eigenvalue weighted by Crippen LogP contribution is 2.33. The third kappa shape index (κ3) is 4.99. The van der Waals surface area contributed by atoms with Crippen LogP contribution in [0.4, 0.5) is 0 Å². The van der Waals surface area contributed by atoms with E-state index in [0.29, 0.717) is 26.4 Å². The molecule has 8 heteroatoms. The van der Waals surface area contributed by atoms with Crippen molar-refractivity contribution in [1.29, 1.82) is 0 Å². The lowest BCUT2D eigenvalue weighted by Gasteiger charge is -2.25. The van der Waals surface area contributed by atoms with Crippen LogP contribution in [-0.2, 0) is 9.53 Å². The number of hydrogen-bond donors (Lipinski definition) is 1. The molecule has 0 spiro atoms. The van der Waals surface area contributed by atoms with Gasteiger partial charge in [-0.3, -0.25) is 9.36 Å². The SMILES string of the molecule is CCOC(=O)C1=C(C)N=c2s/c(=C\c3c(-c4ccccc4)[nH]c4ccccc34)c(=O)n2[C@H]1c1ccc(OC(C)C)cc1. The lowest BCUT2D eigenvalue weighted by molar-refractivity contribution is -0.139.